The van der Waals surface area contributed by atoms with Crippen molar-refractivity contribution in [2.45, 2.75) is 38.5 Å². The van der Waals surface area contributed by atoms with Gasteiger partial charge in [0, 0.05) is 39.5 Å². The first-order valence-corrected chi connectivity index (χ1v) is 14.1. The number of thioether (sulfide) groups is 1. The molecule has 3 aliphatic rings. The number of hydrogen-bond donors (Lipinski definition) is 1. The summed E-state index contributed by atoms with van der Waals surface area (Å²) in [5, 5.41) is 3.41. The number of ketones is 1. The minimum atomic E-state index is -0.569. The topological polar surface area (TPSA) is 73.9 Å². The van der Waals surface area contributed by atoms with Crippen LogP contribution in [0, 0.1) is 0 Å². The average molecular weight is 571 g/mol. The number of nitrogens with one attached hydrogen (secondary N) is 1. The van der Waals surface area contributed by atoms with Crippen LogP contribution in [-0.2, 0) is 14.3 Å². The number of hydrogen-bond acceptors (Lipinski definition) is 7. The van der Waals surface area contributed by atoms with Crippen molar-refractivity contribution in [3.05, 3.63) is 80.6 Å². The third kappa shape index (κ3) is 4.81. The molecule has 8 heteroatoms. The molecular weight excluding hydrogens is 542 g/mol. The predicted octanol–water partition coefficient (Wildman–Crippen LogP) is 5.84. The lowest BCUT2D eigenvalue weighted by molar-refractivity contribution is -0.138. The van der Waals surface area contributed by atoms with Crippen molar-refractivity contribution in [1.29, 1.82) is 0 Å². The molecule has 0 bridgehead atoms. The van der Waals surface area contributed by atoms with Crippen LogP contribution in [0.2, 0.25) is 0 Å². The highest BCUT2D eigenvalue weighted by Gasteiger charge is 2.42. The highest BCUT2D eigenvalue weighted by Crippen LogP contribution is 2.49. The Morgan fingerprint density at radius 2 is 1.92 bits per heavy atom. The zero-order valence-electron chi connectivity index (χ0n) is 20.3. The van der Waals surface area contributed by atoms with Crippen LogP contribution in [0.25, 0.3) is 0 Å². The number of allylic oxidation sites excluding steroid dienone is 3. The van der Waals surface area contributed by atoms with E-state index in [1.54, 1.807) is 11.8 Å². The number of carbonyl (C=O) groups excluding carboxylic acids is 2. The van der Waals surface area contributed by atoms with Crippen molar-refractivity contribution >= 4 is 39.4 Å². The average Bonchev–Trinajstić information content (AvgIpc) is 3.32. The molecule has 0 unspecified atom stereocenters. The lowest BCUT2D eigenvalue weighted by Crippen LogP contribution is -2.36. The van der Waals surface area contributed by atoms with Crippen LogP contribution in [0.15, 0.2) is 69.5 Å². The first kappa shape index (κ1) is 25.0. The fraction of sp³-hybridized carbons (Fsp3) is 0.357. The van der Waals surface area contributed by atoms with E-state index in [-0.39, 0.29) is 18.5 Å². The van der Waals surface area contributed by atoms with Gasteiger partial charge < -0.3 is 19.5 Å². The van der Waals surface area contributed by atoms with E-state index in [0.29, 0.717) is 47.8 Å². The number of benzene rings is 2. The fourth-order valence-corrected chi connectivity index (χ4v) is 6.19. The molecule has 1 aliphatic carbocycles. The van der Waals surface area contributed by atoms with Crippen LogP contribution in [0.4, 0.5) is 0 Å². The lowest BCUT2D eigenvalue weighted by atomic mass is 9.71. The van der Waals surface area contributed by atoms with E-state index >= 15 is 0 Å². The highest BCUT2D eigenvalue weighted by molar-refractivity contribution is 9.10. The monoisotopic (exact) mass is 569 g/mol. The first-order valence-electron chi connectivity index (χ1n) is 12.1. The Balaban J connectivity index is 1.56. The number of ether oxygens (including phenoxy) is 3. The number of esters is 1. The molecule has 1 N–H and O–H groups in total. The first-order chi connectivity index (χ1) is 17.5. The second kappa shape index (κ2) is 10.7. The Morgan fingerprint density at radius 3 is 2.67 bits per heavy atom. The van der Waals surface area contributed by atoms with E-state index in [4.69, 9.17) is 14.2 Å². The van der Waals surface area contributed by atoms with E-state index < -0.39 is 11.9 Å². The summed E-state index contributed by atoms with van der Waals surface area (Å²) in [7, 11) is 0. The van der Waals surface area contributed by atoms with Crippen LogP contribution in [0.1, 0.15) is 49.7 Å². The van der Waals surface area contributed by atoms with Crippen molar-refractivity contribution in [1.82, 2.24) is 5.32 Å². The molecule has 2 aromatic rings. The smallest absolute Gasteiger partial charge is 0.336 e. The summed E-state index contributed by atoms with van der Waals surface area (Å²) in [6.45, 7) is 4.41. The Hall–Kier alpha value is -2.71. The summed E-state index contributed by atoms with van der Waals surface area (Å²) in [6, 6.07) is 13.8. The van der Waals surface area contributed by atoms with Gasteiger partial charge in [-0.25, -0.2) is 4.79 Å². The van der Waals surface area contributed by atoms with Gasteiger partial charge in [-0.05, 0) is 48.3 Å². The number of halogens is 1. The molecule has 2 atom stereocenters. The molecule has 2 aromatic carbocycles. The van der Waals surface area contributed by atoms with Crippen molar-refractivity contribution < 1.29 is 23.8 Å². The third-order valence-electron chi connectivity index (χ3n) is 6.79. The molecule has 2 aliphatic heterocycles. The Bertz CT molecular complexity index is 1260. The van der Waals surface area contributed by atoms with Crippen molar-refractivity contribution in [2.24, 2.45) is 0 Å². The molecule has 0 aromatic heterocycles. The summed E-state index contributed by atoms with van der Waals surface area (Å²) < 4.78 is 17.6. The lowest BCUT2D eigenvalue weighted by Gasteiger charge is -2.37. The Kier molecular flexibility index (Phi) is 7.44. The van der Waals surface area contributed by atoms with Gasteiger partial charge in [-0.1, -0.05) is 53.2 Å². The van der Waals surface area contributed by atoms with Crippen LogP contribution in [0.3, 0.4) is 0 Å². The van der Waals surface area contributed by atoms with Gasteiger partial charge in [0.15, 0.2) is 17.3 Å². The minimum absolute atomic E-state index is 0.0338. The Labute approximate surface area is 223 Å². The standard InChI is InChI=1S/C28H28BrNO5S/c1-3-36-10-9-33-28(32)25-16(2)30-21-11-18(17-7-5-4-6-8-17)12-22(31)27(21)26(25)19-13-23-24(14-20(19)29)35-15-34-23/h4-8,13-14,18,26,30H,3,9-12,15H2,1-2H3/t18-,26+/m1/s1. The largest absolute Gasteiger partial charge is 0.461 e. The Morgan fingerprint density at radius 1 is 1.17 bits per heavy atom. The zero-order chi connectivity index (χ0) is 25.2. The number of Topliss-reactive ketones (excluding diaryl/α,β-unsaturated/α-hetero) is 1. The van der Waals surface area contributed by atoms with Gasteiger partial charge in [0.1, 0.15) is 6.61 Å². The SMILES string of the molecule is CCSCCOC(=O)C1=C(C)NC2=C(C(=O)C[C@H](c3ccccc3)C2)[C@H]1c1cc2c(cc1Br)OCO2. The minimum Gasteiger partial charge on any atom is -0.461 e. The maximum atomic E-state index is 13.8. The van der Waals surface area contributed by atoms with Gasteiger partial charge in [0.25, 0.3) is 0 Å². The molecule has 188 valence electrons. The van der Waals surface area contributed by atoms with Gasteiger partial charge in [0.2, 0.25) is 6.79 Å². The van der Waals surface area contributed by atoms with Crippen LogP contribution in [-0.4, -0.2) is 36.7 Å². The molecule has 36 heavy (non-hydrogen) atoms. The van der Waals surface area contributed by atoms with Gasteiger partial charge in [0.05, 0.1) is 5.57 Å². The highest BCUT2D eigenvalue weighted by atomic mass is 79.9. The van der Waals surface area contributed by atoms with Gasteiger partial charge in [-0.15, -0.1) is 0 Å². The summed E-state index contributed by atoms with van der Waals surface area (Å²) in [4.78, 5) is 27.2. The molecule has 0 saturated carbocycles. The van der Waals surface area contributed by atoms with Crippen LogP contribution < -0.4 is 14.8 Å². The van der Waals surface area contributed by atoms with E-state index in [1.807, 2.05) is 37.3 Å². The molecule has 0 spiro atoms. The molecule has 0 fully saturated rings. The number of dihydropyridines is 1. The van der Waals surface area contributed by atoms with Crippen molar-refractivity contribution in [2.75, 3.05) is 24.9 Å². The van der Waals surface area contributed by atoms with E-state index in [2.05, 4.69) is 40.3 Å². The summed E-state index contributed by atoms with van der Waals surface area (Å²) in [5.74, 6) is 2.06. The second-order valence-electron chi connectivity index (χ2n) is 8.99. The van der Waals surface area contributed by atoms with Crippen molar-refractivity contribution in [3.8, 4) is 11.5 Å². The maximum absolute atomic E-state index is 13.8. The molecule has 6 nitrogen and oxygen atoms in total. The van der Waals surface area contributed by atoms with Gasteiger partial charge in [-0.2, -0.15) is 11.8 Å². The second-order valence-corrected chi connectivity index (χ2v) is 11.2. The molecule has 0 amide bonds. The fourth-order valence-electron chi connectivity index (χ4n) is 5.15. The molecule has 0 saturated heterocycles. The van der Waals surface area contributed by atoms with E-state index in [1.165, 1.54) is 0 Å². The summed E-state index contributed by atoms with van der Waals surface area (Å²) in [5.41, 5.74) is 4.58. The summed E-state index contributed by atoms with van der Waals surface area (Å²) >= 11 is 5.39. The normalized spacial score (nSPS) is 20.8. The zero-order valence-corrected chi connectivity index (χ0v) is 22.7. The van der Waals surface area contributed by atoms with E-state index in [9.17, 15) is 9.59 Å². The number of fused-ring (bicyclic) bond motifs is 1. The summed E-state index contributed by atoms with van der Waals surface area (Å²) in [6.07, 6.45) is 1.08. The molecule has 2 heterocycles. The molecule has 5 rings (SSSR count). The van der Waals surface area contributed by atoms with Crippen molar-refractivity contribution in [3.63, 3.8) is 0 Å². The van der Waals surface area contributed by atoms with Gasteiger partial charge >= 0.3 is 5.97 Å². The maximum Gasteiger partial charge on any atom is 0.336 e. The van der Waals surface area contributed by atoms with Gasteiger partial charge in [-0.3, -0.25) is 4.79 Å². The van der Waals surface area contributed by atoms with E-state index in [0.717, 1.165) is 32.8 Å². The molecular formula is C28H28BrNO5S. The number of carbonyl (C=O) groups is 2. The van der Waals surface area contributed by atoms with Crippen LogP contribution >= 0.6 is 27.7 Å². The molecule has 0 radical (unpaired) electrons. The van der Waals surface area contributed by atoms with Crippen LogP contribution in [0.5, 0.6) is 11.5 Å². The third-order valence-corrected chi connectivity index (χ3v) is 8.34. The predicted molar refractivity (Wildman–Crippen MR) is 143 cm³/mol. The quantitative estimate of drug-likeness (QED) is 0.332. The number of rotatable bonds is 7.